The molecule has 0 aliphatic carbocycles. The van der Waals surface area contributed by atoms with Crippen molar-refractivity contribution in [1.29, 1.82) is 0 Å². The Morgan fingerprint density at radius 3 is 2.15 bits per heavy atom. The van der Waals surface area contributed by atoms with Gasteiger partial charge in [0.05, 0.1) is 0 Å². The summed E-state index contributed by atoms with van der Waals surface area (Å²) in [6.07, 6.45) is 0. The summed E-state index contributed by atoms with van der Waals surface area (Å²) in [4.78, 5) is 13.4. The van der Waals surface area contributed by atoms with Gasteiger partial charge in [0, 0.05) is 38.2 Å². The highest BCUT2D eigenvalue weighted by atomic mass is 127. The van der Waals surface area contributed by atoms with Gasteiger partial charge in [-0.2, -0.15) is 0 Å². The molecule has 5 heteroatoms. The zero-order chi connectivity index (χ0) is 13.9. The first-order valence-electron chi connectivity index (χ1n) is 5.96. The Kier molecular flexibility index (Phi) is 4.07. The molecular formula is C15H9BrIN3. The molecule has 2 aromatic carbocycles. The van der Waals surface area contributed by atoms with Crippen LogP contribution in [-0.4, -0.2) is 15.0 Å². The number of aromatic nitrogens is 3. The predicted octanol–water partition coefficient (Wildman–Crippen LogP) is 4.57. The van der Waals surface area contributed by atoms with Crippen molar-refractivity contribution in [1.82, 2.24) is 15.0 Å². The minimum atomic E-state index is 0.677. The lowest BCUT2D eigenvalue weighted by atomic mass is 10.2. The van der Waals surface area contributed by atoms with Gasteiger partial charge in [-0.3, -0.25) is 0 Å². The van der Waals surface area contributed by atoms with Crippen molar-refractivity contribution in [2.24, 2.45) is 0 Å². The first-order chi connectivity index (χ1) is 9.74. The summed E-state index contributed by atoms with van der Waals surface area (Å²) < 4.78 is 1.66. The minimum Gasteiger partial charge on any atom is -0.208 e. The zero-order valence-corrected chi connectivity index (χ0v) is 14.0. The van der Waals surface area contributed by atoms with Crippen LogP contribution in [0.4, 0.5) is 0 Å². The summed E-state index contributed by atoms with van der Waals surface area (Å²) in [5.74, 6) is 1.37. The van der Waals surface area contributed by atoms with Crippen molar-refractivity contribution >= 4 is 38.5 Å². The Hall–Kier alpha value is -1.34. The second-order valence-electron chi connectivity index (χ2n) is 4.10. The molecule has 0 fully saturated rings. The zero-order valence-electron chi connectivity index (χ0n) is 10.3. The van der Waals surface area contributed by atoms with Crippen molar-refractivity contribution in [3.8, 4) is 22.8 Å². The highest BCUT2D eigenvalue weighted by Crippen LogP contribution is 2.26. The van der Waals surface area contributed by atoms with Crippen LogP contribution in [0.15, 0.2) is 59.1 Å². The number of nitrogens with zero attached hydrogens (tertiary/aromatic N) is 3. The fourth-order valence-corrected chi connectivity index (χ4v) is 2.75. The third-order valence-electron chi connectivity index (χ3n) is 2.75. The van der Waals surface area contributed by atoms with E-state index in [1.165, 1.54) is 0 Å². The molecule has 98 valence electrons. The number of hydrogen-bond acceptors (Lipinski definition) is 3. The molecule has 3 nitrogen and oxygen atoms in total. The van der Waals surface area contributed by atoms with Crippen molar-refractivity contribution < 1.29 is 0 Å². The summed E-state index contributed by atoms with van der Waals surface area (Å²) in [7, 11) is 0. The van der Waals surface area contributed by atoms with E-state index in [1.807, 2.05) is 54.6 Å². The summed E-state index contributed by atoms with van der Waals surface area (Å²) in [6, 6.07) is 17.8. The van der Waals surface area contributed by atoms with Gasteiger partial charge in [-0.05, 0) is 6.07 Å². The van der Waals surface area contributed by atoms with Crippen molar-refractivity contribution in [2.45, 2.75) is 0 Å². The molecule has 1 heterocycles. The predicted molar refractivity (Wildman–Crippen MR) is 91.1 cm³/mol. The summed E-state index contributed by atoms with van der Waals surface area (Å²) in [5, 5.41) is 0. The van der Waals surface area contributed by atoms with Gasteiger partial charge in [-0.25, -0.2) is 15.0 Å². The molecule has 0 saturated heterocycles. The van der Waals surface area contributed by atoms with Gasteiger partial charge in [0.2, 0.25) is 0 Å². The van der Waals surface area contributed by atoms with Crippen LogP contribution in [0.25, 0.3) is 22.8 Å². The topological polar surface area (TPSA) is 38.7 Å². The third-order valence-corrected chi connectivity index (χ3v) is 3.93. The largest absolute Gasteiger partial charge is 0.208 e. The molecule has 0 saturated carbocycles. The molecule has 3 rings (SSSR count). The molecule has 0 unspecified atom stereocenters. The van der Waals surface area contributed by atoms with E-state index in [0.717, 1.165) is 15.6 Å². The molecule has 3 aromatic rings. The maximum Gasteiger partial charge on any atom is 0.194 e. The highest BCUT2D eigenvalue weighted by molar-refractivity contribution is 14.1. The van der Waals surface area contributed by atoms with Crippen LogP contribution in [0.3, 0.4) is 0 Å². The van der Waals surface area contributed by atoms with Crippen LogP contribution in [-0.2, 0) is 0 Å². The molecule has 20 heavy (non-hydrogen) atoms. The maximum atomic E-state index is 4.58. The molecule has 0 aliphatic rings. The van der Waals surface area contributed by atoms with Gasteiger partial charge in [0.15, 0.2) is 15.5 Å². The van der Waals surface area contributed by atoms with Gasteiger partial charge < -0.3 is 0 Å². The lowest BCUT2D eigenvalue weighted by Gasteiger charge is -2.06. The van der Waals surface area contributed by atoms with E-state index in [9.17, 15) is 0 Å². The highest BCUT2D eigenvalue weighted by Gasteiger charge is 2.10. The van der Waals surface area contributed by atoms with Crippen LogP contribution < -0.4 is 0 Å². The molecule has 1 aromatic heterocycles. The molecule has 0 N–H and O–H groups in total. The minimum absolute atomic E-state index is 0.677. The summed E-state index contributed by atoms with van der Waals surface area (Å²) in [6.45, 7) is 0. The number of rotatable bonds is 2. The van der Waals surface area contributed by atoms with E-state index in [-0.39, 0.29) is 0 Å². The first-order valence-corrected chi connectivity index (χ1v) is 7.83. The third kappa shape index (κ3) is 2.88. The van der Waals surface area contributed by atoms with Gasteiger partial charge in [-0.15, -0.1) is 0 Å². The van der Waals surface area contributed by atoms with E-state index < -0.39 is 0 Å². The molecule has 0 bridgehead atoms. The standard InChI is InChI=1S/C15H9BrIN3/c16-12-9-5-4-8-11(12)14-18-13(19-15(17)20-14)10-6-2-1-3-7-10/h1-9H. The van der Waals surface area contributed by atoms with E-state index in [2.05, 4.69) is 53.5 Å². The molecule has 0 radical (unpaired) electrons. The van der Waals surface area contributed by atoms with E-state index in [4.69, 9.17) is 0 Å². The Morgan fingerprint density at radius 2 is 1.40 bits per heavy atom. The molecule has 0 aliphatic heterocycles. The molecule has 0 atom stereocenters. The van der Waals surface area contributed by atoms with E-state index >= 15 is 0 Å². The van der Waals surface area contributed by atoms with E-state index in [1.54, 1.807) is 0 Å². The van der Waals surface area contributed by atoms with E-state index in [0.29, 0.717) is 15.5 Å². The maximum absolute atomic E-state index is 4.58. The quantitative estimate of drug-likeness (QED) is 0.551. The van der Waals surface area contributed by atoms with Crippen molar-refractivity contribution in [3.05, 3.63) is 62.9 Å². The number of benzene rings is 2. The Bertz CT molecular complexity index is 747. The smallest absolute Gasteiger partial charge is 0.194 e. The van der Waals surface area contributed by atoms with Crippen molar-refractivity contribution in [2.75, 3.05) is 0 Å². The van der Waals surface area contributed by atoms with Crippen LogP contribution in [0.1, 0.15) is 0 Å². The second-order valence-corrected chi connectivity index (χ2v) is 5.92. The average molecular weight is 438 g/mol. The van der Waals surface area contributed by atoms with Gasteiger partial charge in [0.1, 0.15) is 0 Å². The molecule has 0 spiro atoms. The first kappa shape index (κ1) is 13.6. The fraction of sp³-hybridized carbons (Fsp3) is 0. The van der Waals surface area contributed by atoms with Crippen LogP contribution in [0.5, 0.6) is 0 Å². The van der Waals surface area contributed by atoms with Gasteiger partial charge >= 0.3 is 0 Å². The van der Waals surface area contributed by atoms with Gasteiger partial charge in [-0.1, -0.05) is 64.5 Å². The Morgan fingerprint density at radius 1 is 0.750 bits per heavy atom. The summed E-state index contributed by atoms with van der Waals surface area (Å²) >= 11 is 5.65. The molecule has 0 amide bonds. The van der Waals surface area contributed by atoms with Crippen LogP contribution in [0.2, 0.25) is 0 Å². The lowest BCUT2D eigenvalue weighted by Crippen LogP contribution is -1.99. The van der Waals surface area contributed by atoms with Gasteiger partial charge in [0.25, 0.3) is 0 Å². The number of halogens is 2. The van der Waals surface area contributed by atoms with Crippen molar-refractivity contribution in [3.63, 3.8) is 0 Å². The van der Waals surface area contributed by atoms with Crippen LogP contribution in [0, 0.1) is 3.83 Å². The molecular weight excluding hydrogens is 429 g/mol. The number of hydrogen-bond donors (Lipinski definition) is 0. The Balaban J connectivity index is 2.15. The second kappa shape index (κ2) is 5.97. The lowest BCUT2D eigenvalue weighted by molar-refractivity contribution is 1.02. The average Bonchev–Trinajstić information content (AvgIpc) is 2.48. The fourth-order valence-electron chi connectivity index (χ4n) is 1.83. The summed E-state index contributed by atoms with van der Waals surface area (Å²) in [5.41, 5.74) is 1.95. The van der Waals surface area contributed by atoms with Crippen LogP contribution >= 0.6 is 38.5 Å². The Labute approximate surface area is 138 Å². The monoisotopic (exact) mass is 437 g/mol. The normalized spacial score (nSPS) is 10.5. The SMILES string of the molecule is Brc1ccccc1-c1nc(I)nc(-c2ccccc2)n1.